The zero-order chi connectivity index (χ0) is 14.1. The van der Waals surface area contributed by atoms with Crippen LogP contribution in [0.25, 0.3) is 6.08 Å². The van der Waals surface area contributed by atoms with E-state index in [0.29, 0.717) is 12.3 Å². The first-order valence-corrected chi connectivity index (χ1v) is 6.79. The van der Waals surface area contributed by atoms with Gasteiger partial charge in [0.1, 0.15) is 0 Å². The Bertz CT molecular complexity index is 398. The first kappa shape index (κ1) is 15.4. The van der Waals surface area contributed by atoms with Gasteiger partial charge in [0.05, 0.1) is 0 Å². The summed E-state index contributed by atoms with van der Waals surface area (Å²) < 4.78 is 0. The maximum atomic E-state index is 11.6. The Morgan fingerprint density at radius 1 is 1.26 bits per heavy atom. The van der Waals surface area contributed by atoms with Gasteiger partial charge in [-0.2, -0.15) is 0 Å². The molecule has 1 aromatic rings. The van der Waals surface area contributed by atoms with Crippen molar-refractivity contribution in [3.8, 4) is 0 Å². The number of nitrogens with one attached hydrogen (secondary N) is 1. The lowest BCUT2D eigenvalue weighted by molar-refractivity contribution is -0.133. The van der Waals surface area contributed by atoms with Crippen LogP contribution < -0.4 is 5.48 Å². The summed E-state index contributed by atoms with van der Waals surface area (Å²) in [5, 5.41) is 8.76. The number of allylic oxidation sites excluding steroid dienone is 1. The van der Waals surface area contributed by atoms with Gasteiger partial charge in [-0.15, -0.1) is 0 Å². The topological polar surface area (TPSA) is 49.3 Å². The monoisotopic (exact) mass is 261 g/mol. The lowest BCUT2D eigenvalue weighted by Crippen LogP contribution is -2.27. The van der Waals surface area contributed by atoms with E-state index in [9.17, 15) is 4.79 Å². The van der Waals surface area contributed by atoms with Crippen molar-refractivity contribution in [1.82, 2.24) is 5.48 Å². The highest BCUT2D eigenvalue weighted by Gasteiger charge is 2.16. The van der Waals surface area contributed by atoms with E-state index in [4.69, 9.17) is 5.21 Å². The normalized spacial score (nSPS) is 12.8. The lowest BCUT2D eigenvalue weighted by Gasteiger charge is -2.14. The van der Waals surface area contributed by atoms with Gasteiger partial charge in [-0.3, -0.25) is 10.0 Å². The van der Waals surface area contributed by atoms with Gasteiger partial charge in [0.15, 0.2) is 0 Å². The Morgan fingerprint density at radius 3 is 2.53 bits per heavy atom. The molecule has 0 fully saturated rings. The molecule has 1 atom stereocenters. The van der Waals surface area contributed by atoms with E-state index < -0.39 is 0 Å². The van der Waals surface area contributed by atoms with Crippen molar-refractivity contribution in [1.29, 1.82) is 0 Å². The second kappa shape index (κ2) is 8.48. The molecule has 3 heteroatoms. The standard InChI is InChI=1S/C16H23NO2/c1-13(2)11-12-15(16(18)17-19)10-6-9-14-7-4-3-5-8-14/h3-9,13,15,19H,10-12H2,1-2H3,(H,17,18)/b9-6+/t15-/m0/s1. The molecule has 0 aliphatic rings. The van der Waals surface area contributed by atoms with E-state index in [-0.39, 0.29) is 11.8 Å². The molecule has 0 bridgehead atoms. The van der Waals surface area contributed by atoms with Gasteiger partial charge in [-0.05, 0) is 24.3 Å². The van der Waals surface area contributed by atoms with Crippen LogP contribution in [0.5, 0.6) is 0 Å². The predicted octanol–water partition coefficient (Wildman–Crippen LogP) is 3.65. The molecule has 1 amide bonds. The zero-order valence-corrected chi connectivity index (χ0v) is 11.7. The summed E-state index contributed by atoms with van der Waals surface area (Å²) in [6.45, 7) is 4.27. The Morgan fingerprint density at radius 2 is 1.95 bits per heavy atom. The van der Waals surface area contributed by atoms with Crippen molar-refractivity contribution in [3.63, 3.8) is 0 Å². The third-order valence-electron chi connectivity index (χ3n) is 3.10. The summed E-state index contributed by atoms with van der Waals surface area (Å²) in [6.07, 6.45) is 6.43. The van der Waals surface area contributed by atoms with Gasteiger partial charge in [0.25, 0.3) is 0 Å². The van der Waals surface area contributed by atoms with E-state index in [1.165, 1.54) is 0 Å². The second-order valence-electron chi connectivity index (χ2n) is 5.19. The largest absolute Gasteiger partial charge is 0.289 e. The van der Waals surface area contributed by atoms with Crippen molar-refractivity contribution in [2.45, 2.75) is 33.1 Å². The van der Waals surface area contributed by atoms with E-state index in [2.05, 4.69) is 13.8 Å². The molecule has 104 valence electrons. The van der Waals surface area contributed by atoms with Gasteiger partial charge < -0.3 is 0 Å². The minimum Gasteiger partial charge on any atom is -0.289 e. The molecule has 0 aromatic heterocycles. The summed E-state index contributed by atoms with van der Waals surface area (Å²) in [6, 6.07) is 9.98. The van der Waals surface area contributed by atoms with Crippen LogP contribution in [-0.2, 0) is 4.79 Å². The molecule has 2 N–H and O–H groups in total. The van der Waals surface area contributed by atoms with Crippen molar-refractivity contribution in [3.05, 3.63) is 42.0 Å². The lowest BCUT2D eigenvalue weighted by atomic mass is 9.94. The fraction of sp³-hybridized carbons (Fsp3) is 0.438. The maximum absolute atomic E-state index is 11.6. The Hall–Kier alpha value is -1.61. The van der Waals surface area contributed by atoms with Crippen LogP contribution in [0.3, 0.4) is 0 Å². The third kappa shape index (κ3) is 6.20. The van der Waals surface area contributed by atoms with Crippen molar-refractivity contribution >= 4 is 12.0 Å². The van der Waals surface area contributed by atoms with Gasteiger partial charge in [-0.25, -0.2) is 5.48 Å². The molecule has 0 aliphatic carbocycles. The highest BCUT2D eigenvalue weighted by molar-refractivity contribution is 5.77. The molecule has 0 radical (unpaired) electrons. The average molecular weight is 261 g/mol. The van der Waals surface area contributed by atoms with Crippen LogP contribution in [0.1, 0.15) is 38.7 Å². The quantitative estimate of drug-likeness (QED) is 0.581. The molecule has 0 saturated carbocycles. The molecular formula is C16H23NO2. The number of hydrogen-bond donors (Lipinski definition) is 2. The molecule has 19 heavy (non-hydrogen) atoms. The average Bonchev–Trinajstić information content (AvgIpc) is 2.42. The van der Waals surface area contributed by atoms with Crippen LogP contribution >= 0.6 is 0 Å². The summed E-state index contributed by atoms with van der Waals surface area (Å²) in [4.78, 5) is 11.6. The van der Waals surface area contributed by atoms with E-state index >= 15 is 0 Å². The fourth-order valence-corrected chi connectivity index (χ4v) is 1.91. The van der Waals surface area contributed by atoms with Crippen molar-refractivity contribution in [2.24, 2.45) is 11.8 Å². The second-order valence-corrected chi connectivity index (χ2v) is 5.19. The molecule has 0 heterocycles. The Kier molecular flexibility index (Phi) is 6.90. The number of hydroxylamine groups is 1. The van der Waals surface area contributed by atoms with Crippen LogP contribution in [0.15, 0.2) is 36.4 Å². The summed E-state index contributed by atoms with van der Waals surface area (Å²) in [7, 11) is 0. The minimum atomic E-state index is -0.293. The first-order chi connectivity index (χ1) is 9.13. The SMILES string of the molecule is CC(C)CC[C@H](C/C=C/c1ccccc1)C(=O)NO. The zero-order valence-electron chi connectivity index (χ0n) is 11.7. The molecule has 0 unspecified atom stereocenters. The van der Waals surface area contributed by atoms with Gasteiger partial charge in [-0.1, -0.05) is 62.8 Å². The molecule has 0 saturated heterocycles. The number of hydrogen-bond acceptors (Lipinski definition) is 2. The van der Waals surface area contributed by atoms with Crippen molar-refractivity contribution < 1.29 is 10.0 Å². The summed E-state index contributed by atoms with van der Waals surface area (Å²) in [5.41, 5.74) is 2.88. The van der Waals surface area contributed by atoms with Crippen LogP contribution in [0.4, 0.5) is 0 Å². The third-order valence-corrected chi connectivity index (χ3v) is 3.10. The van der Waals surface area contributed by atoms with Gasteiger partial charge in [0, 0.05) is 5.92 Å². The molecule has 1 rings (SSSR count). The van der Waals surface area contributed by atoms with Gasteiger partial charge in [0.2, 0.25) is 5.91 Å². The van der Waals surface area contributed by atoms with Gasteiger partial charge >= 0.3 is 0 Å². The molecule has 3 nitrogen and oxygen atoms in total. The van der Waals surface area contributed by atoms with E-state index in [1.54, 1.807) is 5.48 Å². The number of rotatable bonds is 7. The smallest absolute Gasteiger partial charge is 0.246 e. The summed E-state index contributed by atoms with van der Waals surface area (Å²) in [5.74, 6) is 0.109. The molecule has 0 aliphatic heterocycles. The fourth-order valence-electron chi connectivity index (χ4n) is 1.91. The summed E-state index contributed by atoms with van der Waals surface area (Å²) >= 11 is 0. The molecule has 0 spiro atoms. The number of carbonyl (C=O) groups excluding carboxylic acids is 1. The van der Waals surface area contributed by atoms with E-state index in [0.717, 1.165) is 18.4 Å². The minimum absolute atomic E-state index is 0.160. The maximum Gasteiger partial charge on any atom is 0.246 e. The van der Waals surface area contributed by atoms with E-state index in [1.807, 2.05) is 42.5 Å². The molecular weight excluding hydrogens is 238 g/mol. The number of benzene rings is 1. The Balaban J connectivity index is 2.52. The van der Waals surface area contributed by atoms with Crippen LogP contribution in [0.2, 0.25) is 0 Å². The van der Waals surface area contributed by atoms with Crippen molar-refractivity contribution in [2.75, 3.05) is 0 Å². The first-order valence-electron chi connectivity index (χ1n) is 6.79. The Labute approximate surface area is 115 Å². The van der Waals surface area contributed by atoms with Crippen LogP contribution in [0, 0.1) is 11.8 Å². The number of amides is 1. The highest BCUT2D eigenvalue weighted by Crippen LogP contribution is 2.17. The highest BCUT2D eigenvalue weighted by atomic mass is 16.5. The molecule has 1 aromatic carbocycles. The predicted molar refractivity (Wildman–Crippen MR) is 77.6 cm³/mol. The van der Waals surface area contributed by atoms with Crippen LogP contribution in [-0.4, -0.2) is 11.1 Å². The number of carbonyl (C=O) groups is 1.